The van der Waals surface area contributed by atoms with E-state index >= 15 is 0 Å². The zero-order valence-corrected chi connectivity index (χ0v) is 6.80. The van der Waals surface area contributed by atoms with Gasteiger partial charge < -0.3 is 4.84 Å². The summed E-state index contributed by atoms with van der Waals surface area (Å²) in [5.41, 5.74) is 0.874. The molecule has 0 spiro atoms. The Hall–Kier alpha value is -1.02. The maximum atomic E-state index is 5.69. The first kappa shape index (κ1) is 8.08. The third kappa shape index (κ3) is 2.60. The van der Waals surface area contributed by atoms with Crippen LogP contribution in [0.4, 0.5) is 0 Å². The third-order valence-electron chi connectivity index (χ3n) is 1.08. The van der Waals surface area contributed by atoms with Crippen LogP contribution in [0.3, 0.4) is 0 Å². The minimum atomic E-state index is 0.644. The molecule has 0 N–H and O–H groups in total. The standard InChI is InChI=1S/C8H7ClNO/c1-11-10-6-7-3-2-4-8(9)5-7/h3-6H,1H3. The van der Waals surface area contributed by atoms with Crippen molar-refractivity contribution >= 4 is 17.8 Å². The zero-order chi connectivity index (χ0) is 8.10. The van der Waals surface area contributed by atoms with E-state index < -0.39 is 0 Å². The first-order valence-electron chi connectivity index (χ1n) is 3.06. The molecule has 1 radical (unpaired) electrons. The molecule has 0 aromatic heterocycles. The molecule has 2 nitrogen and oxygen atoms in total. The molecule has 0 aliphatic heterocycles. The molecule has 0 bridgehead atoms. The molecule has 11 heavy (non-hydrogen) atoms. The summed E-state index contributed by atoms with van der Waals surface area (Å²) in [6, 6.07) is 8.10. The van der Waals surface area contributed by atoms with Gasteiger partial charge in [-0.2, -0.15) is 0 Å². The van der Waals surface area contributed by atoms with Crippen molar-refractivity contribution in [2.24, 2.45) is 5.16 Å². The highest BCUT2D eigenvalue weighted by atomic mass is 35.5. The molecular formula is C8H7ClNO. The van der Waals surface area contributed by atoms with Crippen molar-refractivity contribution in [1.29, 1.82) is 0 Å². The summed E-state index contributed by atoms with van der Waals surface area (Å²) in [4.78, 5) is 4.50. The average molecular weight is 169 g/mol. The first-order chi connectivity index (χ1) is 5.33. The van der Waals surface area contributed by atoms with Crippen LogP contribution in [-0.2, 0) is 4.84 Å². The van der Waals surface area contributed by atoms with E-state index in [2.05, 4.69) is 16.1 Å². The van der Waals surface area contributed by atoms with E-state index in [1.165, 1.54) is 7.11 Å². The van der Waals surface area contributed by atoms with Crippen LogP contribution in [0.2, 0.25) is 5.02 Å². The van der Waals surface area contributed by atoms with Gasteiger partial charge in [0.15, 0.2) is 0 Å². The molecule has 57 valence electrons. The monoisotopic (exact) mass is 168 g/mol. The predicted molar refractivity (Wildman–Crippen MR) is 44.9 cm³/mol. The van der Waals surface area contributed by atoms with Crippen LogP contribution in [0.25, 0.3) is 0 Å². The Labute approximate surface area is 70.4 Å². The molecule has 1 aromatic rings. The van der Waals surface area contributed by atoms with Crippen LogP contribution in [0.5, 0.6) is 0 Å². The SMILES string of the molecule is CON=Cc1c[c]cc(Cl)c1. The van der Waals surface area contributed by atoms with Crippen molar-refractivity contribution in [3.8, 4) is 0 Å². The van der Waals surface area contributed by atoms with Crippen LogP contribution < -0.4 is 0 Å². The third-order valence-corrected chi connectivity index (χ3v) is 1.30. The van der Waals surface area contributed by atoms with Gasteiger partial charge in [0.25, 0.3) is 0 Å². The van der Waals surface area contributed by atoms with E-state index in [4.69, 9.17) is 11.6 Å². The lowest BCUT2D eigenvalue weighted by atomic mass is 10.2. The van der Waals surface area contributed by atoms with Crippen LogP contribution in [0.15, 0.2) is 23.4 Å². The second kappa shape index (κ2) is 3.98. The van der Waals surface area contributed by atoms with Crippen molar-refractivity contribution in [1.82, 2.24) is 0 Å². The topological polar surface area (TPSA) is 21.6 Å². The molecule has 0 aliphatic carbocycles. The Balaban J connectivity index is 2.79. The summed E-state index contributed by atoms with van der Waals surface area (Å²) < 4.78 is 0. The van der Waals surface area contributed by atoms with Gasteiger partial charge in [0, 0.05) is 5.02 Å². The average Bonchev–Trinajstić information content (AvgIpc) is 2.01. The predicted octanol–water partition coefficient (Wildman–Crippen LogP) is 2.12. The fourth-order valence-electron chi connectivity index (χ4n) is 0.648. The highest BCUT2D eigenvalue weighted by molar-refractivity contribution is 6.30. The van der Waals surface area contributed by atoms with E-state index in [0.717, 1.165) is 5.56 Å². The minimum Gasteiger partial charge on any atom is -0.399 e. The van der Waals surface area contributed by atoms with E-state index in [0.29, 0.717) is 5.02 Å². The van der Waals surface area contributed by atoms with Crippen molar-refractivity contribution in [2.75, 3.05) is 7.11 Å². The number of hydrogen-bond acceptors (Lipinski definition) is 2. The van der Waals surface area contributed by atoms with Gasteiger partial charge in [-0.1, -0.05) is 16.8 Å². The quantitative estimate of drug-likeness (QED) is 0.490. The van der Waals surface area contributed by atoms with Crippen molar-refractivity contribution in [3.63, 3.8) is 0 Å². The smallest absolute Gasteiger partial charge is 0.106 e. The molecule has 0 amide bonds. The summed E-state index contributed by atoms with van der Waals surface area (Å²) in [6.07, 6.45) is 1.57. The molecule has 1 aromatic carbocycles. The van der Waals surface area contributed by atoms with Crippen molar-refractivity contribution in [3.05, 3.63) is 34.9 Å². The largest absolute Gasteiger partial charge is 0.399 e. The van der Waals surface area contributed by atoms with Crippen LogP contribution in [0.1, 0.15) is 5.56 Å². The molecule has 0 unspecified atom stereocenters. The second-order valence-electron chi connectivity index (χ2n) is 1.90. The summed E-state index contributed by atoms with van der Waals surface area (Å²) in [6.45, 7) is 0. The molecule has 1 rings (SSSR count). The summed E-state index contributed by atoms with van der Waals surface area (Å²) in [5, 5.41) is 4.22. The van der Waals surface area contributed by atoms with E-state index in [-0.39, 0.29) is 0 Å². The van der Waals surface area contributed by atoms with Gasteiger partial charge in [0.05, 0.1) is 6.21 Å². The fourth-order valence-corrected chi connectivity index (χ4v) is 0.837. The number of hydrogen-bond donors (Lipinski definition) is 0. The van der Waals surface area contributed by atoms with E-state index in [9.17, 15) is 0 Å². The lowest BCUT2D eigenvalue weighted by Crippen LogP contribution is -1.80. The molecule has 0 saturated heterocycles. The van der Waals surface area contributed by atoms with Crippen LogP contribution in [0, 0.1) is 6.07 Å². The van der Waals surface area contributed by atoms with Gasteiger partial charge in [-0.25, -0.2) is 0 Å². The minimum absolute atomic E-state index is 0.644. The van der Waals surface area contributed by atoms with E-state index in [1.807, 2.05) is 0 Å². The fraction of sp³-hybridized carbons (Fsp3) is 0.125. The maximum absolute atomic E-state index is 5.69. The van der Waals surface area contributed by atoms with Gasteiger partial charge in [-0.05, 0) is 29.8 Å². The molecule has 0 atom stereocenters. The first-order valence-corrected chi connectivity index (χ1v) is 3.44. The summed E-state index contributed by atoms with van der Waals surface area (Å²) >= 11 is 5.69. The summed E-state index contributed by atoms with van der Waals surface area (Å²) in [7, 11) is 1.49. The Bertz CT molecular complexity index is 260. The van der Waals surface area contributed by atoms with Crippen molar-refractivity contribution < 1.29 is 4.84 Å². The van der Waals surface area contributed by atoms with E-state index in [1.54, 1.807) is 24.4 Å². The number of benzene rings is 1. The Morgan fingerprint density at radius 1 is 1.64 bits per heavy atom. The van der Waals surface area contributed by atoms with Gasteiger partial charge in [0.2, 0.25) is 0 Å². The molecule has 0 aliphatic rings. The van der Waals surface area contributed by atoms with Gasteiger partial charge >= 0.3 is 0 Å². The lowest BCUT2D eigenvalue weighted by molar-refractivity contribution is 0.215. The number of rotatable bonds is 2. The number of halogens is 1. The summed E-state index contributed by atoms with van der Waals surface area (Å²) in [5.74, 6) is 0. The maximum Gasteiger partial charge on any atom is 0.106 e. The van der Waals surface area contributed by atoms with Gasteiger partial charge in [-0.3, -0.25) is 0 Å². The van der Waals surface area contributed by atoms with Gasteiger partial charge in [-0.15, -0.1) is 0 Å². The molecule has 0 saturated carbocycles. The number of nitrogens with zero attached hydrogens (tertiary/aromatic N) is 1. The second-order valence-corrected chi connectivity index (χ2v) is 2.34. The molecule has 0 heterocycles. The Kier molecular flexibility index (Phi) is 2.93. The Morgan fingerprint density at radius 3 is 3.09 bits per heavy atom. The van der Waals surface area contributed by atoms with Crippen LogP contribution in [-0.4, -0.2) is 13.3 Å². The molecule has 0 fully saturated rings. The van der Waals surface area contributed by atoms with Crippen molar-refractivity contribution in [2.45, 2.75) is 0 Å². The lowest BCUT2D eigenvalue weighted by Gasteiger charge is -1.91. The molecular weight excluding hydrogens is 162 g/mol. The van der Waals surface area contributed by atoms with Gasteiger partial charge in [0.1, 0.15) is 7.11 Å². The highest BCUT2D eigenvalue weighted by Crippen LogP contribution is 2.08. The van der Waals surface area contributed by atoms with Crippen LogP contribution >= 0.6 is 11.6 Å². The zero-order valence-electron chi connectivity index (χ0n) is 6.04. The highest BCUT2D eigenvalue weighted by Gasteiger charge is 1.88. The normalized spacial score (nSPS) is 10.4. The number of oxime groups is 1. The Morgan fingerprint density at radius 2 is 2.45 bits per heavy atom. The molecule has 3 heteroatoms.